The van der Waals surface area contributed by atoms with Crippen LogP contribution in [-0.2, 0) is 9.84 Å². The number of aromatic nitrogens is 3. The number of anilines is 1. The average Bonchev–Trinajstić information content (AvgIpc) is 3.24. The van der Waals surface area contributed by atoms with Crippen molar-refractivity contribution in [1.29, 1.82) is 0 Å². The minimum absolute atomic E-state index is 0.0811. The first kappa shape index (κ1) is 22.3. The summed E-state index contributed by atoms with van der Waals surface area (Å²) in [4.78, 5) is 17.2. The minimum atomic E-state index is -3.59. The van der Waals surface area contributed by atoms with E-state index < -0.39 is 27.9 Å². The molecular weight excluding hydrogens is 454 g/mol. The first-order valence-corrected chi connectivity index (χ1v) is 11.5. The Kier molecular flexibility index (Phi) is 5.81. The van der Waals surface area contributed by atoms with Crippen molar-refractivity contribution in [3.8, 4) is 17.0 Å². The van der Waals surface area contributed by atoms with Crippen LogP contribution >= 0.6 is 0 Å². The van der Waals surface area contributed by atoms with Crippen LogP contribution in [0.4, 0.5) is 14.5 Å². The SMILES string of the molecule is CCS(=O)(=O)c1ccc(O)c(NC(=O)c2cnn3c(C(F)F)cc(-c4ccccc4)nc23)c1. The summed E-state index contributed by atoms with van der Waals surface area (Å²) in [6.45, 7) is 1.47. The highest BCUT2D eigenvalue weighted by molar-refractivity contribution is 7.91. The molecule has 4 rings (SSSR count). The summed E-state index contributed by atoms with van der Waals surface area (Å²) in [5, 5.41) is 16.4. The van der Waals surface area contributed by atoms with Crippen molar-refractivity contribution in [2.45, 2.75) is 18.2 Å². The number of alkyl halides is 2. The van der Waals surface area contributed by atoms with E-state index in [-0.39, 0.29) is 39.0 Å². The maximum absolute atomic E-state index is 13.7. The van der Waals surface area contributed by atoms with Crippen molar-refractivity contribution in [2.24, 2.45) is 0 Å². The van der Waals surface area contributed by atoms with Crippen LogP contribution in [0.5, 0.6) is 5.75 Å². The van der Waals surface area contributed by atoms with Crippen LogP contribution in [0.15, 0.2) is 65.7 Å². The Bertz CT molecular complexity index is 1450. The third-order valence-corrected chi connectivity index (χ3v) is 6.72. The summed E-state index contributed by atoms with van der Waals surface area (Å²) in [6, 6.07) is 13.3. The number of benzene rings is 2. The van der Waals surface area contributed by atoms with E-state index in [1.165, 1.54) is 19.1 Å². The van der Waals surface area contributed by atoms with E-state index in [4.69, 9.17) is 0 Å². The smallest absolute Gasteiger partial charge is 0.280 e. The third-order valence-electron chi connectivity index (χ3n) is 4.99. The second kappa shape index (κ2) is 8.58. The molecule has 2 heterocycles. The molecule has 0 saturated carbocycles. The Labute approximate surface area is 187 Å². The van der Waals surface area contributed by atoms with Gasteiger partial charge in [-0.1, -0.05) is 37.3 Å². The van der Waals surface area contributed by atoms with E-state index in [1.807, 2.05) is 0 Å². The van der Waals surface area contributed by atoms with Gasteiger partial charge in [0.25, 0.3) is 12.3 Å². The van der Waals surface area contributed by atoms with Crippen LogP contribution in [0.1, 0.15) is 29.4 Å². The highest BCUT2D eigenvalue weighted by Crippen LogP contribution is 2.29. The Morgan fingerprint density at radius 2 is 1.88 bits per heavy atom. The highest BCUT2D eigenvalue weighted by Gasteiger charge is 2.23. The molecule has 0 spiro atoms. The molecule has 1 amide bonds. The second-order valence-corrected chi connectivity index (χ2v) is 9.34. The van der Waals surface area contributed by atoms with Gasteiger partial charge in [0.05, 0.1) is 28.2 Å². The van der Waals surface area contributed by atoms with E-state index >= 15 is 0 Å². The minimum Gasteiger partial charge on any atom is -0.506 e. The van der Waals surface area contributed by atoms with Crippen molar-refractivity contribution in [3.05, 3.63) is 72.1 Å². The zero-order chi connectivity index (χ0) is 23.8. The number of carbonyl (C=O) groups excluding carboxylic acids is 1. The average molecular weight is 472 g/mol. The topological polar surface area (TPSA) is 114 Å². The van der Waals surface area contributed by atoms with E-state index in [0.29, 0.717) is 5.56 Å². The summed E-state index contributed by atoms with van der Waals surface area (Å²) in [6.07, 6.45) is -1.80. The molecule has 11 heteroatoms. The molecule has 0 saturated heterocycles. The molecule has 0 aliphatic carbocycles. The molecule has 170 valence electrons. The Hall–Kier alpha value is -3.86. The summed E-state index contributed by atoms with van der Waals surface area (Å²) < 4.78 is 52.6. The fraction of sp³-hybridized carbons (Fsp3) is 0.136. The third kappa shape index (κ3) is 4.27. The number of nitrogens with zero attached hydrogens (tertiary/aromatic N) is 3. The van der Waals surface area contributed by atoms with Crippen LogP contribution in [0, 0.1) is 0 Å². The molecule has 0 unspecified atom stereocenters. The first-order chi connectivity index (χ1) is 15.7. The number of fused-ring (bicyclic) bond motifs is 1. The lowest BCUT2D eigenvalue weighted by molar-refractivity contribution is 0.102. The number of nitrogens with one attached hydrogen (secondary N) is 1. The number of phenols is 1. The summed E-state index contributed by atoms with van der Waals surface area (Å²) in [7, 11) is -3.59. The summed E-state index contributed by atoms with van der Waals surface area (Å²) in [5.74, 6) is -1.33. The van der Waals surface area contributed by atoms with Gasteiger partial charge in [-0.2, -0.15) is 5.10 Å². The van der Waals surface area contributed by atoms with Crippen molar-refractivity contribution in [3.63, 3.8) is 0 Å². The number of hydrogen-bond acceptors (Lipinski definition) is 6. The van der Waals surface area contributed by atoms with Crippen LogP contribution in [0.25, 0.3) is 16.9 Å². The lowest BCUT2D eigenvalue weighted by Crippen LogP contribution is -2.14. The number of hydrogen-bond donors (Lipinski definition) is 2. The van der Waals surface area contributed by atoms with Crippen molar-refractivity contribution < 1.29 is 27.1 Å². The van der Waals surface area contributed by atoms with Gasteiger partial charge in [-0.15, -0.1) is 0 Å². The van der Waals surface area contributed by atoms with E-state index in [0.717, 1.165) is 22.8 Å². The molecule has 2 aromatic heterocycles. The van der Waals surface area contributed by atoms with Gasteiger partial charge < -0.3 is 10.4 Å². The lowest BCUT2D eigenvalue weighted by Gasteiger charge is -2.10. The van der Waals surface area contributed by atoms with Gasteiger partial charge in [0, 0.05) is 5.56 Å². The van der Waals surface area contributed by atoms with Crippen LogP contribution in [0.3, 0.4) is 0 Å². The highest BCUT2D eigenvalue weighted by atomic mass is 32.2. The van der Waals surface area contributed by atoms with E-state index in [1.54, 1.807) is 30.3 Å². The number of carbonyl (C=O) groups is 1. The fourth-order valence-corrected chi connectivity index (χ4v) is 4.13. The molecule has 8 nitrogen and oxygen atoms in total. The number of halogens is 2. The van der Waals surface area contributed by atoms with Gasteiger partial charge in [0.15, 0.2) is 15.5 Å². The fourth-order valence-electron chi connectivity index (χ4n) is 3.22. The van der Waals surface area contributed by atoms with Gasteiger partial charge in [-0.3, -0.25) is 4.79 Å². The van der Waals surface area contributed by atoms with Crippen LogP contribution in [-0.4, -0.2) is 39.8 Å². The summed E-state index contributed by atoms with van der Waals surface area (Å²) >= 11 is 0. The molecule has 0 bridgehead atoms. The van der Waals surface area contributed by atoms with E-state index in [9.17, 15) is 27.1 Å². The molecule has 0 radical (unpaired) electrons. The number of sulfone groups is 1. The zero-order valence-electron chi connectivity index (χ0n) is 17.2. The quantitative estimate of drug-likeness (QED) is 0.409. The maximum atomic E-state index is 13.7. The largest absolute Gasteiger partial charge is 0.506 e. The molecule has 2 N–H and O–H groups in total. The van der Waals surface area contributed by atoms with Crippen molar-refractivity contribution >= 4 is 27.1 Å². The van der Waals surface area contributed by atoms with E-state index in [2.05, 4.69) is 15.4 Å². The first-order valence-electron chi connectivity index (χ1n) is 9.80. The lowest BCUT2D eigenvalue weighted by atomic mass is 10.1. The van der Waals surface area contributed by atoms with Gasteiger partial charge in [0.1, 0.15) is 17.0 Å². The normalized spacial score (nSPS) is 11.8. The molecule has 0 aliphatic heterocycles. The number of aromatic hydroxyl groups is 1. The molecule has 0 aliphatic rings. The molecule has 4 aromatic rings. The number of phenolic OH excluding ortho intramolecular Hbond substituents is 1. The van der Waals surface area contributed by atoms with Gasteiger partial charge in [-0.25, -0.2) is 26.7 Å². The van der Waals surface area contributed by atoms with Crippen molar-refractivity contribution in [2.75, 3.05) is 11.1 Å². The number of amides is 1. The second-order valence-electron chi connectivity index (χ2n) is 7.06. The molecule has 0 fully saturated rings. The molecule has 0 atom stereocenters. The van der Waals surface area contributed by atoms with Crippen LogP contribution < -0.4 is 5.32 Å². The summed E-state index contributed by atoms with van der Waals surface area (Å²) in [5.41, 5.74) is -0.0332. The molecular formula is C22H18F2N4O4S. The molecule has 2 aromatic carbocycles. The predicted molar refractivity (Wildman–Crippen MR) is 117 cm³/mol. The Morgan fingerprint density at radius 3 is 2.55 bits per heavy atom. The monoisotopic (exact) mass is 472 g/mol. The van der Waals surface area contributed by atoms with Gasteiger partial charge >= 0.3 is 0 Å². The Morgan fingerprint density at radius 1 is 1.15 bits per heavy atom. The van der Waals surface area contributed by atoms with Gasteiger partial charge in [0.2, 0.25) is 0 Å². The maximum Gasteiger partial charge on any atom is 0.280 e. The Balaban J connectivity index is 1.79. The van der Waals surface area contributed by atoms with Crippen LogP contribution in [0.2, 0.25) is 0 Å². The standard InChI is InChI=1S/C22H18F2N4O4S/c1-2-33(31,32)14-8-9-19(29)17(10-14)27-22(30)15-12-25-28-18(20(23)24)11-16(26-21(15)28)13-6-4-3-5-7-13/h3-12,20,29H,2H2,1H3,(H,27,30). The van der Waals surface area contributed by atoms with Crippen molar-refractivity contribution in [1.82, 2.24) is 14.6 Å². The zero-order valence-corrected chi connectivity index (χ0v) is 18.1. The molecule has 33 heavy (non-hydrogen) atoms. The predicted octanol–water partition coefficient (Wildman–Crippen LogP) is 4.09. The van der Waals surface area contributed by atoms with Gasteiger partial charge in [-0.05, 0) is 24.3 Å². The number of rotatable bonds is 6.